The Hall–Kier alpha value is -1.22. The second-order valence-electron chi connectivity index (χ2n) is 5.86. The summed E-state index contributed by atoms with van der Waals surface area (Å²) < 4.78 is 0. The highest BCUT2D eigenvalue weighted by Gasteiger charge is 2.20. The molecule has 0 unspecified atom stereocenters. The van der Waals surface area contributed by atoms with Crippen molar-refractivity contribution in [3.8, 4) is 0 Å². The molecule has 0 bridgehead atoms. The molecule has 3 heteroatoms. The van der Waals surface area contributed by atoms with E-state index >= 15 is 0 Å². The average Bonchev–Trinajstić information content (AvgIpc) is 2.34. The Morgan fingerprint density at radius 1 is 0.947 bits per heavy atom. The molecule has 0 saturated heterocycles. The molecule has 0 atom stereocenters. The van der Waals surface area contributed by atoms with Gasteiger partial charge in [0.1, 0.15) is 0 Å². The summed E-state index contributed by atoms with van der Waals surface area (Å²) in [6.07, 6.45) is 0. The van der Waals surface area contributed by atoms with Gasteiger partial charge in [-0.25, -0.2) is 9.97 Å². The summed E-state index contributed by atoms with van der Waals surface area (Å²) in [6.45, 7) is 11.4. The summed E-state index contributed by atoms with van der Waals surface area (Å²) in [7, 11) is -0.399. The largest absolute Gasteiger partial charge is 0.233 e. The van der Waals surface area contributed by atoms with Crippen molar-refractivity contribution in [3.05, 3.63) is 35.7 Å². The Balaban J connectivity index is 2.30. The van der Waals surface area contributed by atoms with Crippen molar-refractivity contribution in [2.24, 2.45) is 0 Å². The zero-order valence-corrected chi connectivity index (χ0v) is 13.6. The van der Waals surface area contributed by atoms with Gasteiger partial charge in [0.2, 0.25) is 0 Å². The van der Waals surface area contributed by atoms with Gasteiger partial charge in [-0.3, -0.25) is 0 Å². The highest BCUT2D eigenvalue weighted by molar-refractivity contribution is 6.61. The van der Waals surface area contributed by atoms with Gasteiger partial charge >= 0.3 is 0 Å². The molecule has 0 aliphatic rings. The number of fused-ring (bicyclic) bond motifs is 1. The lowest BCUT2D eigenvalue weighted by molar-refractivity contribution is 0.912. The van der Waals surface area contributed by atoms with Gasteiger partial charge in [-0.05, 0) is 37.2 Å². The summed E-state index contributed by atoms with van der Waals surface area (Å²) in [5.74, 6) is 0. The maximum Gasteiger partial charge on any atom is 0.159 e. The van der Waals surface area contributed by atoms with Crippen LogP contribution in [0.2, 0.25) is 11.1 Å². The van der Waals surface area contributed by atoms with Gasteiger partial charge in [0.15, 0.2) is 5.65 Å². The van der Waals surface area contributed by atoms with Gasteiger partial charge in [0.05, 0.1) is 8.80 Å². The fourth-order valence-corrected chi connectivity index (χ4v) is 5.28. The minimum absolute atomic E-state index is 0.399. The first-order chi connectivity index (χ1) is 8.97. The normalized spacial score (nSPS) is 12.0. The first kappa shape index (κ1) is 14.2. The predicted octanol–water partition coefficient (Wildman–Crippen LogP) is 4.33. The molecule has 0 aliphatic heterocycles. The lowest BCUT2D eigenvalue weighted by Gasteiger charge is -2.22. The molecule has 0 fully saturated rings. The number of aryl methyl sites for hydroxylation is 1. The molecule has 2 nitrogen and oxygen atoms in total. The van der Waals surface area contributed by atoms with Crippen molar-refractivity contribution < 1.29 is 0 Å². The monoisotopic (exact) mass is 271 g/mol. The molecule has 0 spiro atoms. The first-order valence-corrected chi connectivity index (χ1v) is 8.92. The third kappa shape index (κ3) is 3.41. The summed E-state index contributed by atoms with van der Waals surface area (Å²) in [4.78, 5) is 9.29. The Kier molecular flexibility index (Phi) is 4.35. The topological polar surface area (TPSA) is 25.8 Å². The van der Waals surface area contributed by atoms with Gasteiger partial charge in [-0.1, -0.05) is 38.8 Å². The minimum atomic E-state index is -0.399. The maximum atomic E-state index is 4.75. The van der Waals surface area contributed by atoms with Crippen LogP contribution in [-0.2, 0) is 6.04 Å². The Morgan fingerprint density at radius 2 is 1.58 bits per heavy atom. The number of rotatable bonds is 4. The zero-order chi connectivity index (χ0) is 14.0. The van der Waals surface area contributed by atoms with E-state index in [2.05, 4.69) is 50.9 Å². The van der Waals surface area contributed by atoms with E-state index in [1.54, 1.807) is 0 Å². The van der Waals surface area contributed by atoms with Crippen molar-refractivity contribution in [2.75, 3.05) is 0 Å². The van der Waals surface area contributed by atoms with Crippen LogP contribution in [0.1, 0.15) is 39.1 Å². The summed E-state index contributed by atoms with van der Waals surface area (Å²) >= 11 is 0. The molecule has 0 aromatic carbocycles. The highest BCUT2D eigenvalue weighted by Crippen LogP contribution is 2.23. The van der Waals surface area contributed by atoms with Gasteiger partial charge in [0.25, 0.3) is 0 Å². The molecular weight excluding hydrogens is 248 g/mol. The number of hydrogen-bond donors (Lipinski definition) is 0. The molecule has 0 amide bonds. The van der Waals surface area contributed by atoms with E-state index in [1.807, 2.05) is 13.0 Å². The van der Waals surface area contributed by atoms with Crippen LogP contribution >= 0.6 is 0 Å². The third-order valence-corrected chi connectivity index (χ3v) is 7.35. The van der Waals surface area contributed by atoms with E-state index < -0.39 is 8.80 Å². The Bertz CT molecular complexity index is 556. The second kappa shape index (κ2) is 5.82. The predicted molar refractivity (Wildman–Crippen MR) is 83.9 cm³/mol. The molecule has 2 rings (SSSR count). The minimum Gasteiger partial charge on any atom is -0.233 e. The van der Waals surface area contributed by atoms with Crippen LogP contribution in [0.15, 0.2) is 24.3 Å². The van der Waals surface area contributed by atoms with E-state index in [9.17, 15) is 0 Å². The Labute approximate surface area is 117 Å². The summed E-state index contributed by atoms with van der Waals surface area (Å²) in [5.41, 5.74) is 4.71. The fraction of sp³-hybridized carbons (Fsp3) is 0.500. The van der Waals surface area contributed by atoms with E-state index in [4.69, 9.17) is 4.98 Å². The van der Waals surface area contributed by atoms with Crippen molar-refractivity contribution >= 4 is 19.8 Å². The second-order valence-corrected chi connectivity index (χ2v) is 9.68. The lowest BCUT2D eigenvalue weighted by atomic mass is 10.2. The molecule has 0 N–H and O–H groups in total. The van der Waals surface area contributed by atoms with Gasteiger partial charge in [-0.2, -0.15) is 0 Å². The van der Waals surface area contributed by atoms with Crippen LogP contribution < -0.4 is 0 Å². The third-order valence-electron chi connectivity index (χ3n) is 3.62. The van der Waals surface area contributed by atoms with Gasteiger partial charge < -0.3 is 0 Å². The molecule has 2 aromatic heterocycles. The van der Waals surface area contributed by atoms with Crippen LogP contribution in [0.4, 0.5) is 0 Å². The quantitative estimate of drug-likeness (QED) is 0.773. The number of nitrogens with zero attached hydrogens (tertiary/aromatic N) is 2. The van der Waals surface area contributed by atoms with Crippen molar-refractivity contribution in [1.29, 1.82) is 0 Å². The SMILES string of the molecule is Cc1ccc2ccc(C[Si](C(C)C)C(C)C)nc2n1. The smallest absolute Gasteiger partial charge is 0.159 e. The first-order valence-electron chi connectivity index (χ1n) is 7.06. The van der Waals surface area contributed by atoms with Crippen LogP contribution in [0, 0.1) is 6.92 Å². The van der Waals surface area contributed by atoms with Crippen molar-refractivity contribution in [2.45, 2.75) is 51.7 Å². The van der Waals surface area contributed by atoms with Crippen LogP contribution in [0.3, 0.4) is 0 Å². The van der Waals surface area contributed by atoms with Gasteiger partial charge in [-0.15, -0.1) is 0 Å². The van der Waals surface area contributed by atoms with Crippen molar-refractivity contribution in [3.63, 3.8) is 0 Å². The number of aromatic nitrogens is 2. The number of hydrogen-bond acceptors (Lipinski definition) is 2. The van der Waals surface area contributed by atoms with Crippen LogP contribution in [0.5, 0.6) is 0 Å². The molecule has 2 heterocycles. The lowest BCUT2D eigenvalue weighted by Crippen LogP contribution is -2.25. The average molecular weight is 271 g/mol. The molecule has 1 radical (unpaired) electrons. The highest BCUT2D eigenvalue weighted by atomic mass is 28.3. The standard InChI is InChI=1S/C16H23N2Si/c1-11(2)19(12(3)4)10-15-9-8-14-7-6-13(5)17-16(14)18-15/h6-9,11-12H,10H2,1-5H3. The van der Waals surface area contributed by atoms with Crippen LogP contribution in [0.25, 0.3) is 11.0 Å². The molecule has 19 heavy (non-hydrogen) atoms. The summed E-state index contributed by atoms with van der Waals surface area (Å²) in [6, 6.07) is 9.62. The van der Waals surface area contributed by atoms with Gasteiger partial charge in [0, 0.05) is 16.8 Å². The fourth-order valence-electron chi connectivity index (χ4n) is 2.52. The molecule has 101 valence electrons. The number of pyridine rings is 2. The van der Waals surface area contributed by atoms with E-state index in [0.29, 0.717) is 0 Å². The van der Waals surface area contributed by atoms with Crippen LogP contribution in [-0.4, -0.2) is 18.8 Å². The molecule has 0 aliphatic carbocycles. The van der Waals surface area contributed by atoms with E-state index in [1.165, 1.54) is 5.69 Å². The summed E-state index contributed by atoms with van der Waals surface area (Å²) in [5, 5.41) is 1.14. The Morgan fingerprint density at radius 3 is 2.21 bits per heavy atom. The van der Waals surface area contributed by atoms with E-state index in [0.717, 1.165) is 33.9 Å². The molecule has 2 aromatic rings. The van der Waals surface area contributed by atoms with Crippen molar-refractivity contribution in [1.82, 2.24) is 9.97 Å². The molecular formula is C16H23N2Si. The maximum absolute atomic E-state index is 4.75. The molecule has 0 saturated carbocycles. The zero-order valence-electron chi connectivity index (χ0n) is 12.6. The van der Waals surface area contributed by atoms with E-state index in [-0.39, 0.29) is 0 Å².